The molecule has 2 aliphatic heterocycles. The molecule has 0 bridgehead atoms. The molecule has 0 aromatic carbocycles. The molecule has 0 amide bonds. The Morgan fingerprint density at radius 2 is 2.00 bits per heavy atom. The van der Waals surface area contributed by atoms with Gasteiger partial charge in [-0.1, -0.05) is 19.3 Å². The van der Waals surface area contributed by atoms with Crippen molar-refractivity contribution in [1.29, 1.82) is 0 Å². The molecule has 3 fully saturated rings. The first-order valence-electron chi connectivity index (χ1n) is 5.30. The first-order valence-corrected chi connectivity index (χ1v) is 5.30. The molecule has 3 heteroatoms. The lowest BCUT2D eigenvalue weighted by Crippen LogP contribution is -2.21. The summed E-state index contributed by atoms with van der Waals surface area (Å²) >= 11 is 0. The molecule has 1 saturated carbocycles. The second-order valence-electron chi connectivity index (χ2n) is 4.36. The Hall–Kier alpha value is -0.120. The molecule has 1 spiro atoms. The Morgan fingerprint density at radius 3 is 2.69 bits per heavy atom. The second-order valence-corrected chi connectivity index (χ2v) is 4.36. The van der Waals surface area contributed by atoms with E-state index >= 15 is 0 Å². The third-order valence-corrected chi connectivity index (χ3v) is 3.25. The fourth-order valence-corrected chi connectivity index (χ4v) is 2.23. The number of rotatable bonds is 3. The van der Waals surface area contributed by atoms with E-state index < -0.39 is 0 Å². The summed E-state index contributed by atoms with van der Waals surface area (Å²) in [5.41, 5.74) is 0.132. The monoisotopic (exact) mass is 184 g/mol. The molecule has 0 N–H and O–H groups in total. The molecule has 0 aromatic rings. The predicted molar refractivity (Wildman–Crippen MR) is 46.4 cm³/mol. The SMILES string of the molecule is C1CCC2(CC1)OC2OCC1CO1. The first kappa shape index (κ1) is 8.21. The van der Waals surface area contributed by atoms with E-state index in [9.17, 15) is 0 Å². The van der Waals surface area contributed by atoms with Crippen LogP contribution in [0.5, 0.6) is 0 Å². The molecule has 2 atom stereocenters. The summed E-state index contributed by atoms with van der Waals surface area (Å²) in [6.07, 6.45) is 6.83. The van der Waals surface area contributed by atoms with Crippen molar-refractivity contribution in [2.24, 2.45) is 0 Å². The molecule has 3 rings (SSSR count). The van der Waals surface area contributed by atoms with Crippen molar-refractivity contribution in [3.63, 3.8) is 0 Å². The first-order chi connectivity index (χ1) is 6.39. The lowest BCUT2D eigenvalue weighted by Gasteiger charge is -2.17. The van der Waals surface area contributed by atoms with Crippen molar-refractivity contribution in [2.75, 3.05) is 13.2 Å². The van der Waals surface area contributed by atoms with Gasteiger partial charge in [-0.05, 0) is 12.8 Å². The van der Waals surface area contributed by atoms with Crippen molar-refractivity contribution in [3.8, 4) is 0 Å². The fraction of sp³-hybridized carbons (Fsp3) is 1.00. The van der Waals surface area contributed by atoms with Crippen LogP contribution in [-0.4, -0.2) is 31.2 Å². The van der Waals surface area contributed by atoms with E-state index in [1.807, 2.05) is 0 Å². The van der Waals surface area contributed by atoms with Crippen LogP contribution in [0.4, 0.5) is 0 Å². The summed E-state index contributed by atoms with van der Waals surface area (Å²) in [5.74, 6) is 0. The summed E-state index contributed by atoms with van der Waals surface area (Å²) in [5, 5.41) is 0. The topological polar surface area (TPSA) is 34.3 Å². The van der Waals surface area contributed by atoms with Gasteiger partial charge in [-0.3, -0.25) is 0 Å². The molecule has 13 heavy (non-hydrogen) atoms. The Morgan fingerprint density at radius 1 is 1.23 bits per heavy atom. The van der Waals surface area contributed by atoms with E-state index in [4.69, 9.17) is 14.2 Å². The third-order valence-electron chi connectivity index (χ3n) is 3.25. The Kier molecular flexibility index (Phi) is 1.86. The van der Waals surface area contributed by atoms with Gasteiger partial charge in [-0.2, -0.15) is 0 Å². The molecule has 3 aliphatic rings. The van der Waals surface area contributed by atoms with E-state index in [1.165, 1.54) is 32.1 Å². The van der Waals surface area contributed by atoms with Crippen LogP contribution in [0.15, 0.2) is 0 Å². The summed E-state index contributed by atoms with van der Waals surface area (Å²) < 4.78 is 16.4. The van der Waals surface area contributed by atoms with E-state index in [0.29, 0.717) is 6.10 Å². The molecule has 2 saturated heterocycles. The van der Waals surface area contributed by atoms with Gasteiger partial charge in [0.15, 0.2) is 6.29 Å². The van der Waals surface area contributed by atoms with E-state index in [2.05, 4.69) is 0 Å². The minimum atomic E-state index is 0.0944. The summed E-state index contributed by atoms with van der Waals surface area (Å²) in [6, 6.07) is 0. The quantitative estimate of drug-likeness (QED) is 0.623. The van der Waals surface area contributed by atoms with Gasteiger partial charge in [-0.25, -0.2) is 0 Å². The van der Waals surface area contributed by atoms with Gasteiger partial charge in [0.1, 0.15) is 11.7 Å². The lowest BCUT2D eigenvalue weighted by molar-refractivity contribution is 0.0403. The lowest BCUT2D eigenvalue weighted by atomic mass is 9.89. The molecule has 74 valence electrons. The third kappa shape index (κ3) is 1.60. The van der Waals surface area contributed by atoms with Crippen LogP contribution in [0.2, 0.25) is 0 Å². The van der Waals surface area contributed by atoms with Crippen LogP contribution in [0, 0.1) is 0 Å². The van der Waals surface area contributed by atoms with E-state index in [0.717, 1.165) is 13.2 Å². The highest BCUT2D eigenvalue weighted by Gasteiger charge is 2.57. The number of hydrogen-bond donors (Lipinski definition) is 0. The maximum atomic E-state index is 5.65. The van der Waals surface area contributed by atoms with Crippen molar-refractivity contribution in [2.45, 2.75) is 50.1 Å². The zero-order chi connectivity index (χ0) is 8.73. The van der Waals surface area contributed by atoms with Crippen LogP contribution in [0.1, 0.15) is 32.1 Å². The van der Waals surface area contributed by atoms with Gasteiger partial charge in [0.2, 0.25) is 0 Å². The van der Waals surface area contributed by atoms with Gasteiger partial charge in [-0.15, -0.1) is 0 Å². The maximum absolute atomic E-state index is 5.65. The van der Waals surface area contributed by atoms with E-state index in [-0.39, 0.29) is 11.9 Å². The summed E-state index contributed by atoms with van der Waals surface area (Å²) in [7, 11) is 0. The molecule has 0 aromatic heterocycles. The molecule has 3 nitrogen and oxygen atoms in total. The molecule has 2 heterocycles. The fourth-order valence-electron chi connectivity index (χ4n) is 2.23. The molecular formula is C10H16O3. The minimum Gasteiger partial charge on any atom is -0.371 e. The maximum Gasteiger partial charge on any atom is 0.187 e. The van der Waals surface area contributed by atoms with Gasteiger partial charge < -0.3 is 14.2 Å². The van der Waals surface area contributed by atoms with Crippen LogP contribution < -0.4 is 0 Å². The average Bonchev–Trinajstić information content (AvgIpc) is 3.02. The molecule has 2 unspecified atom stereocenters. The van der Waals surface area contributed by atoms with Gasteiger partial charge in [0.25, 0.3) is 0 Å². The molecule has 0 radical (unpaired) electrons. The predicted octanol–water partition coefficient (Wildman–Crippen LogP) is 1.46. The standard InChI is InChI=1S/C10H16O3/c1-2-4-10(5-3-1)9(13-10)12-7-8-6-11-8/h8-9H,1-7H2. The summed E-state index contributed by atoms with van der Waals surface area (Å²) in [4.78, 5) is 0. The van der Waals surface area contributed by atoms with Gasteiger partial charge >= 0.3 is 0 Å². The van der Waals surface area contributed by atoms with Crippen LogP contribution in [0.3, 0.4) is 0 Å². The highest BCUT2D eigenvalue weighted by Crippen LogP contribution is 2.48. The zero-order valence-electron chi connectivity index (χ0n) is 7.83. The average molecular weight is 184 g/mol. The van der Waals surface area contributed by atoms with Crippen molar-refractivity contribution in [3.05, 3.63) is 0 Å². The van der Waals surface area contributed by atoms with Gasteiger partial charge in [0.05, 0.1) is 13.2 Å². The second kappa shape index (κ2) is 2.94. The Labute approximate surface area is 78.3 Å². The van der Waals surface area contributed by atoms with Crippen LogP contribution in [-0.2, 0) is 14.2 Å². The zero-order valence-corrected chi connectivity index (χ0v) is 7.83. The van der Waals surface area contributed by atoms with Gasteiger partial charge in [0, 0.05) is 0 Å². The highest BCUT2D eigenvalue weighted by molar-refractivity contribution is 4.99. The van der Waals surface area contributed by atoms with Crippen molar-refractivity contribution in [1.82, 2.24) is 0 Å². The minimum absolute atomic E-state index is 0.0944. The smallest absolute Gasteiger partial charge is 0.187 e. The largest absolute Gasteiger partial charge is 0.371 e. The highest BCUT2D eigenvalue weighted by atomic mass is 16.8. The summed E-state index contributed by atoms with van der Waals surface area (Å²) in [6.45, 7) is 1.60. The van der Waals surface area contributed by atoms with E-state index in [1.54, 1.807) is 0 Å². The number of ether oxygens (including phenoxy) is 3. The Bertz CT molecular complexity index is 194. The number of hydrogen-bond acceptors (Lipinski definition) is 3. The number of epoxide rings is 2. The van der Waals surface area contributed by atoms with Crippen LogP contribution >= 0.6 is 0 Å². The Balaban J connectivity index is 1.46. The normalized spacial score (nSPS) is 40.6. The molecular weight excluding hydrogens is 168 g/mol. The van der Waals surface area contributed by atoms with Crippen LogP contribution in [0.25, 0.3) is 0 Å². The van der Waals surface area contributed by atoms with Crippen molar-refractivity contribution < 1.29 is 14.2 Å². The molecule has 1 aliphatic carbocycles. The van der Waals surface area contributed by atoms with Crippen molar-refractivity contribution >= 4 is 0 Å².